The smallest absolute Gasteiger partial charge is 0.254 e. The van der Waals surface area contributed by atoms with Crippen molar-refractivity contribution < 1.29 is 0 Å². The van der Waals surface area contributed by atoms with Gasteiger partial charge in [0.1, 0.15) is 6.33 Å². The molecule has 96 valence electrons. The third-order valence-electron chi connectivity index (χ3n) is 3.43. The lowest BCUT2D eigenvalue weighted by Gasteiger charge is -2.09. The van der Waals surface area contributed by atoms with E-state index in [1.165, 1.54) is 5.56 Å². The predicted molar refractivity (Wildman–Crippen MR) is 76.3 cm³/mol. The lowest BCUT2D eigenvalue weighted by Crippen LogP contribution is -1.93. The molecule has 0 atom stereocenters. The summed E-state index contributed by atoms with van der Waals surface area (Å²) in [5.74, 6) is 0.602. The molecule has 5 heteroatoms. The Morgan fingerprint density at radius 2 is 2.05 bits per heavy atom. The number of aryl methyl sites for hydroxylation is 1. The molecule has 3 aromatic heterocycles. The van der Waals surface area contributed by atoms with Gasteiger partial charge in [-0.05, 0) is 30.2 Å². The number of nitrogens with zero attached hydrogens (tertiary/aromatic N) is 5. The summed E-state index contributed by atoms with van der Waals surface area (Å²) >= 11 is 0. The molecule has 0 radical (unpaired) electrons. The molecular weight excluding hydrogens is 250 g/mol. The van der Waals surface area contributed by atoms with Crippen LogP contribution >= 0.6 is 0 Å². The first-order chi connectivity index (χ1) is 9.83. The molecule has 3 heterocycles. The Labute approximate surface area is 115 Å². The number of hydrogen-bond acceptors (Lipinski definition) is 4. The second-order valence-electron chi connectivity index (χ2n) is 4.71. The minimum Gasteiger partial charge on any atom is -0.272 e. The van der Waals surface area contributed by atoms with E-state index in [1.807, 2.05) is 35.1 Å². The molecular formula is C15H11N5. The molecule has 0 saturated heterocycles. The minimum atomic E-state index is 0.602. The van der Waals surface area contributed by atoms with Crippen molar-refractivity contribution in [1.82, 2.24) is 24.6 Å². The maximum absolute atomic E-state index is 4.41. The van der Waals surface area contributed by atoms with Crippen LogP contribution in [0.25, 0.3) is 27.8 Å². The standard InChI is InChI=1S/C15H11N5/c1-10-4-5-13-12(3-2-6-16-13)14(10)11-7-17-15-19-18-9-20(15)8-11/h2-9H,1H3. The summed E-state index contributed by atoms with van der Waals surface area (Å²) in [4.78, 5) is 8.74. The molecule has 0 aliphatic heterocycles. The Morgan fingerprint density at radius 3 is 3.00 bits per heavy atom. The van der Waals surface area contributed by atoms with Crippen LogP contribution in [0.2, 0.25) is 0 Å². The number of fused-ring (bicyclic) bond motifs is 2. The molecule has 0 amide bonds. The lowest BCUT2D eigenvalue weighted by molar-refractivity contribution is 1.10. The van der Waals surface area contributed by atoms with Crippen LogP contribution in [0.1, 0.15) is 5.56 Å². The second kappa shape index (κ2) is 4.09. The number of benzene rings is 1. The van der Waals surface area contributed by atoms with Gasteiger partial charge in [-0.3, -0.25) is 9.38 Å². The molecule has 0 N–H and O–H groups in total. The Morgan fingerprint density at radius 1 is 1.10 bits per heavy atom. The van der Waals surface area contributed by atoms with Crippen LogP contribution in [0.4, 0.5) is 0 Å². The Kier molecular flexibility index (Phi) is 2.26. The maximum Gasteiger partial charge on any atom is 0.254 e. The van der Waals surface area contributed by atoms with Crippen molar-refractivity contribution in [2.45, 2.75) is 6.92 Å². The summed E-state index contributed by atoms with van der Waals surface area (Å²) in [5, 5.41) is 8.91. The van der Waals surface area contributed by atoms with E-state index in [1.54, 1.807) is 6.33 Å². The van der Waals surface area contributed by atoms with Crippen LogP contribution in [-0.2, 0) is 0 Å². The molecule has 1 aromatic carbocycles. The highest BCUT2D eigenvalue weighted by Gasteiger charge is 2.09. The zero-order valence-electron chi connectivity index (χ0n) is 10.9. The molecule has 0 saturated carbocycles. The van der Waals surface area contributed by atoms with Crippen molar-refractivity contribution in [2.75, 3.05) is 0 Å². The van der Waals surface area contributed by atoms with Crippen molar-refractivity contribution in [2.24, 2.45) is 0 Å². The average Bonchev–Trinajstić information content (AvgIpc) is 2.94. The second-order valence-corrected chi connectivity index (χ2v) is 4.71. The van der Waals surface area contributed by atoms with Gasteiger partial charge in [-0.2, -0.15) is 0 Å². The number of hydrogen-bond donors (Lipinski definition) is 0. The molecule has 20 heavy (non-hydrogen) atoms. The Bertz CT molecular complexity index is 926. The SMILES string of the molecule is Cc1ccc2ncccc2c1-c1cnc2nncn2c1. The molecule has 5 nitrogen and oxygen atoms in total. The van der Waals surface area contributed by atoms with Crippen LogP contribution in [0, 0.1) is 6.92 Å². The van der Waals surface area contributed by atoms with Crippen molar-refractivity contribution >= 4 is 16.7 Å². The van der Waals surface area contributed by atoms with E-state index < -0.39 is 0 Å². The fourth-order valence-electron chi connectivity index (χ4n) is 2.50. The van der Waals surface area contributed by atoms with Gasteiger partial charge < -0.3 is 0 Å². The molecule has 0 unspecified atom stereocenters. The maximum atomic E-state index is 4.41. The van der Waals surface area contributed by atoms with Crippen molar-refractivity contribution in [3.63, 3.8) is 0 Å². The normalized spacial score (nSPS) is 11.2. The fourth-order valence-corrected chi connectivity index (χ4v) is 2.50. The van der Waals surface area contributed by atoms with Crippen LogP contribution in [0.3, 0.4) is 0 Å². The van der Waals surface area contributed by atoms with Gasteiger partial charge in [0, 0.05) is 29.5 Å². The zero-order valence-corrected chi connectivity index (χ0v) is 10.9. The third kappa shape index (κ3) is 1.56. The number of pyridine rings is 1. The topological polar surface area (TPSA) is 56.0 Å². The monoisotopic (exact) mass is 261 g/mol. The zero-order chi connectivity index (χ0) is 13.5. The van der Waals surface area contributed by atoms with E-state index in [9.17, 15) is 0 Å². The van der Waals surface area contributed by atoms with E-state index in [0.29, 0.717) is 5.78 Å². The first-order valence-corrected chi connectivity index (χ1v) is 6.33. The number of aromatic nitrogens is 5. The number of rotatable bonds is 1. The van der Waals surface area contributed by atoms with E-state index in [0.717, 1.165) is 22.0 Å². The Balaban J connectivity index is 2.07. The van der Waals surface area contributed by atoms with E-state index >= 15 is 0 Å². The van der Waals surface area contributed by atoms with Crippen molar-refractivity contribution in [3.8, 4) is 11.1 Å². The first kappa shape index (κ1) is 11.0. The highest BCUT2D eigenvalue weighted by molar-refractivity contribution is 5.96. The highest BCUT2D eigenvalue weighted by atomic mass is 15.3. The van der Waals surface area contributed by atoms with E-state index in [2.05, 4.69) is 39.2 Å². The van der Waals surface area contributed by atoms with Crippen LogP contribution in [0.15, 0.2) is 49.2 Å². The molecule has 4 aromatic rings. The fraction of sp³-hybridized carbons (Fsp3) is 0.0667. The quantitative estimate of drug-likeness (QED) is 0.528. The highest BCUT2D eigenvalue weighted by Crippen LogP contribution is 2.30. The van der Waals surface area contributed by atoms with Crippen LogP contribution in [0.5, 0.6) is 0 Å². The van der Waals surface area contributed by atoms with Gasteiger partial charge in [0.15, 0.2) is 0 Å². The predicted octanol–water partition coefficient (Wildman–Crippen LogP) is 2.65. The molecule has 0 fully saturated rings. The Hall–Kier alpha value is -2.82. The summed E-state index contributed by atoms with van der Waals surface area (Å²) in [6.07, 6.45) is 7.29. The minimum absolute atomic E-state index is 0.602. The average molecular weight is 261 g/mol. The van der Waals surface area contributed by atoms with Gasteiger partial charge in [0.2, 0.25) is 0 Å². The molecule has 0 bridgehead atoms. The van der Waals surface area contributed by atoms with Gasteiger partial charge in [-0.15, -0.1) is 10.2 Å². The molecule has 0 aliphatic rings. The van der Waals surface area contributed by atoms with Crippen LogP contribution < -0.4 is 0 Å². The van der Waals surface area contributed by atoms with Gasteiger partial charge in [0.05, 0.1) is 5.52 Å². The summed E-state index contributed by atoms with van der Waals surface area (Å²) in [6.45, 7) is 2.10. The van der Waals surface area contributed by atoms with Gasteiger partial charge in [-0.25, -0.2) is 4.98 Å². The van der Waals surface area contributed by atoms with E-state index in [-0.39, 0.29) is 0 Å². The molecule has 0 spiro atoms. The van der Waals surface area contributed by atoms with E-state index in [4.69, 9.17) is 0 Å². The van der Waals surface area contributed by atoms with Crippen LogP contribution in [-0.4, -0.2) is 24.6 Å². The van der Waals surface area contributed by atoms with Gasteiger partial charge in [-0.1, -0.05) is 12.1 Å². The first-order valence-electron chi connectivity index (χ1n) is 6.33. The molecule has 4 rings (SSSR count). The van der Waals surface area contributed by atoms with Gasteiger partial charge >= 0.3 is 0 Å². The lowest BCUT2D eigenvalue weighted by atomic mass is 9.98. The van der Waals surface area contributed by atoms with Crippen molar-refractivity contribution in [1.29, 1.82) is 0 Å². The summed E-state index contributed by atoms with van der Waals surface area (Å²) in [5.41, 5.74) is 4.36. The molecule has 0 aliphatic carbocycles. The largest absolute Gasteiger partial charge is 0.272 e. The van der Waals surface area contributed by atoms with Crippen molar-refractivity contribution in [3.05, 3.63) is 54.7 Å². The van der Waals surface area contributed by atoms with Gasteiger partial charge in [0.25, 0.3) is 5.78 Å². The summed E-state index contributed by atoms with van der Waals surface area (Å²) in [7, 11) is 0. The summed E-state index contributed by atoms with van der Waals surface area (Å²) in [6, 6.07) is 8.16. The third-order valence-corrected chi connectivity index (χ3v) is 3.43. The summed E-state index contributed by atoms with van der Waals surface area (Å²) < 4.78 is 1.82.